The van der Waals surface area contributed by atoms with Gasteiger partial charge in [0.25, 0.3) is 5.56 Å². The van der Waals surface area contributed by atoms with Crippen LogP contribution in [0.15, 0.2) is 59.7 Å². The van der Waals surface area contributed by atoms with Crippen molar-refractivity contribution in [1.29, 1.82) is 0 Å². The van der Waals surface area contributed by atoms with E-state index in [1.165, 1.54) is 10.9 Å². The molecule has 4 rings (SSSR count). The van der Waals surface area contributed by atoms with Gasteiger partial charge in [-0.05, 0) is 24.3 Å². The molecule has 0 aliphatic carbocycles. The Kier molecular flexibility index (Phi) is 4.42. The summed E-state index contributed by atoms with van der Waals surface area (Å²) >= 11 is 0. The number of nitrogens with one attached hydrogen (secondary N) is 1. The number of imidazole rings is 1. The number of fused-ring (bicyclic) bond motifs is 2. The Hall–Kier alpha value is -3.48. The van der Waals surface area contributed by atoms with Crippen LogP contribution < -0.4 is 10.9 Å². The molecular formula is C20H19N5O2. The lowest BCUT2D eigenvalue weighted by molar-refractivity contribution is -0.121. The first-order valence-corrected chi connectivity index (χ1v) is 8.75. The molecule has 2 heterocycles. The van der Waals surface area contributed by atoms with Gasteiger partial charge < -0.3 is 9.88 Å². The van der Waals surface area contributed by atoms with Crippen LogP contribution in [0, 0.1) is 0 Å². The van der Waals surface area contributed by atoms with Gasteiger partial charge in [-0.3, -0.25) is 14.2 Å². The molecule has 0 saturated carbocycles. The van der Waals surface area contributed by atoms with Gasteiger partial charge in [0.15, 0.2) is 0 Å². The molecule has 0 atom stereocenters. The summed E-state index contributed by atoms with van der Waals surface area (Å²) < 4.78 is 3.43. The first-order chi connectivity index (χ1) is 13.1. The lowest BCUT2D eigenvalue weighted by Gasteiger charge is -2.08. The highest BCUT2D eigenvalue weighted by atomic mass is 16.1. The monoisotopic (exact) mass is 361 g/mol. The van der Waals surface area contributed by atoms with Gasteiger partial charge in [-0.1, -0.05) is 24.3 Å². The molecule has 7 heteroatoms. The lowest BCUT2D eigenvalue weighted by Crippen LogP contribution is -2.28. The van der Waals surface area contributed by atoms with Crippen LogP contribution in [-0.2, 0) is 24.9 Å². The first-order valence-electron chi connectivity index (χ1n) is 8.75. The van der Waals surface area contributed by atoms with Crippen molar-refractivity contribution in [2.24, 2.45) is 7.05 Å². The van der Waals surface area contributed by atoms with E-state index in [0.717, 1.165) is 16.9 Å². The van der Waals surface area contributed by atoms with E-state index in [1.807, 2.05) is 41.9 Å². The number of para-hydroxylation sites is 3. The number of amides is 1. The summed E-state index contributed by atoms with van der Waals surface area (Å²) in [6.45, 7) is 0.625. The number of aryl methyl sites for hydroxylation is 2. The van der Waals surface area contributed by atoms with Crippen LogP contribution in [-0.4, -0.2) is 25.0 Å². The maximum atomic E-state index is 12.4. The number of benzene rings is 2. The summed E-state index contributed by atoms with van der Waals surface area (Å²) in [6, 6.07) is 15.0. The topological polar surface area (TPSA) is 81.8 Å². The second kappa shape index (κ2) is 7.03. The standard InChI is InChI=1S/C20H19N5O2/c1-24-17-9-5-4-8-16(17)23-18(24)12-21-19(26)10-11-25-13-22-15-7-3-2-6-14(15)20(25)27/h2-9,13H,10-12H2,1H3,(H,21,26). The van der Waals surface area contributed by atoms with E-state index in [1.54, 1.807) is 18.2 Å². The lowest BCUT2D eigenvalue weighted by atomic mass is 10.2. The molecule has 1 amide bonds. The molecule has 0 unspecified atom stereocenters. The SMILES string of the molecule is Cn1c(CNC(=O)CCn2cnc3ccccc3c2=O)nc2ccccc21. The molecule has 4 aromatic rings. The Balaban J connectivity index is 1.40. The predicted molar refractivity (Wildman–Crippen MR) is 103 cm³/mol. The molecule has 0 radical (unpaired) electrons. The Morgan fingerprint density at radius 3 is 2.63 bits per heavy atom. The molecule has 0 spiro atoms. The normalized spacial score (nSPS) is 11.1. The molecule has 136 valence electrons. The van der Waals surface area contributed by atoms with E-state index in [9.17, 15) is 9.59 Å². The van der Waals surface area contributed by atoms with Crippen LogP contribution in [0.5, 0.6) is 0 Å². The average Bonchev–Trinajstić information content (AvgIpc) is 3.02. The molecule has 0 aliphatic rings. The molecule has 0 bridgehead atoms. The number of carbonyl (C=O) groups is 1. The van der Waals surface area contributed by atoms with E-state index in [-0.39, 0.29) is 24.4 Å². The van der Waals surface area contributed by atoms with E-state index in [4.69, 9.17) is 0 Å². The van der Waals surface area contributed by atoms with Crippen molar-refractivity contribution in [2.45, 2.75) is 19.5 Å². The van der Waals surface area contributed by atoms with E-state index in [0.29, 0.717) is 17.4 Å². The van der Waals surface area contributed by atoms with Crippen LogP contribution in [0.1, 0.15) is 12.2 Å². The largest absolute Gasteiger partial charge is 0.349 e. The third-order valence-corrected chi connectivity index (χ3v) is 4.63. The van der Waals surface area contributed by atoms with Crippen molar-refractivity contribution in [3.05, 3.63) is 71.0 Å². The summed E-state index contributed by atoms with van der Waals surface area (Å²) in [4.78, 5) is 33.5. The van der Waals surface area contributed by atoms with Crippen LogP contribution in [0.2, 0.25) is 0 Å². The molecule has 0 aliphatic heterocycles. The number of hydrogen-bond donors (Lipinski definition) is 1. The number of nitrogens with zero attached hydrogens (tertiary/aromatic N) is 4. The Morgan fingerprint density at radius 2 is 1.81 bits per heavy atom. The minimum atomic E-state index is -0.137. The third kappa shape index (κ3) is 3.31. The van der Waals surface area contributed by atoms with Crippen molar-refractivity contribution in [3.8, 4) is 0 Å². The zero-order valence-corrected chi connectivity index (χ0v) is 14.9. The molecular weight excluding hydrogens is 342 g/mol. The van der Waals surface area contributed by atoms with Crippen molar-refractivity contribution in [2.75, 3.05) is 0 Å². The second-order valence-electron chi connectivity index (χ2n) is 6.36. The Labute approximate surface area is 155 Å². The maximum Gasteiger partial charge on any atom is 0.261 e. The second-order valence-corrected chi connectivity index (χ2v) is 6.36. The minimum Gasteiger partial charge on any atom is -0.349 e. The third-order valence-electron chi connectivity index (χ3n) is 4.63. The summed E-state index contributed by atoms with van der Waals surface area (Å²) in [5.41, 5.74) is 2.45. The van der Waals surface area contributed by atoms with Crippen LogP contribution in [0.25, 0.3) is 21.9 Å². The average molecular weight is 361 g/mol. The molecule has 27 heavy (non-hydrogen) atoms. The molecule has 0 fully saturated rings. The van der Waals surface area contributed by atoms with E-state index >= 15 is 0 Å². The molecule has 7 nitrogen and oxygen atoms in total. The Morgan fingerprint density at radius 1 is 1.07 bits per heavy atom. The molecule has 2 aromatic carbocycles. The number of hydrogen-bond acceptors (Lipinski definition) is 4. The quantitative estimate of drug-likeness (QED) is 0.589. The number of carbonyl (C=O) groups excluding carboxylic acids is 1. The van der Waals surface area contributed by atoms with Gasteiger partial charge in [0.2, 0.25) is 5.91 Å². The van der Waals surface area contributed by atoms with Gasteiger partial charge in [-0.25, -0.2) is 9.97 Å². The van der Waals surface area contributed by atoms with Crippen LogP contribution >= 0.6 is 0 Å². The van der Waals surface area contributed by atoms with Gasteiger partial charge in [-0.15, -0.1) is 0 Å². The highest BCUT2D eigenvalue weighted by molar-refractivity contribution is 5.78. The van der Waals surface area contributed by atoms with Crippen LogP contribution in [0.3, 0.4) is 0 Å². The summed E-state index contributed by atoms with van der Waals surface area (Å²) in [6.07, 6.45) is 1.69. The van der Waals surface area contributed by atoms with Crippen LogP contribution in [0.4, 0.5) is 0 Å². The summed E-state index contributed by atoms with van der Waals surface area (Å²) in [5.74, 6) is 0.649. The highest BCUT2D eigenvalue weighted by Crippen LogP contribution is 2.13. The highest BCUT2D eigenvalue weighted by Gasteiger charge is 2.10. The summed E-state index contributed by atoms with van der Waals surface area (Å²) in [5, 5.41) is 3.43. The molecule has 0 saturated heterocycles. The van der Waals surface area contributed by atoms with Gasteiger partial charge in [0.05, 0.1) is 34.8 Å². The summed E-state index contributed by atoms with van der Waals surface area (Å²) in [7, 11) is 1.93. The number of rotatable bonds is 5. The molecule has 1 N–H and O–H groups in total. The smallest absolute Gasteiger partial charge is 0.261 e. The Bertz CT molecular complexity index is 1190. The van der Waals surface area contributed by atoms with E-state index < -0.39 is 0 Å². The molecule has 2 aromatic heterocycles. The first kappa shape index (κ1) is 17.0. The van der Waals surface area contributed by atoms with Crippen molar-refractivity contribution in [1.82, 2.24) is 24.4 Å². The van der Waals surface area contributed by atoms with Gasteiger partial charge >= 0.3 is 0 Å². The number of aromatic nitrogens is 4. The fraction of sp³-hybridized carbons (Fsp3) is 0.200. The van der Waals surface area contributed by atoms with Crippen molar-refractivity contribution in [3.63, 3.8) is 0 Å². The van der Waals surface area contributed by atoms with Gasteiger partial charge in [0.1, 0.15) is 5.82 Å². The van der Waals surface area contributed by atoms with E-state index in [2.05, 4.69) is 15.3 Å². The zero-order valence-electron chi connectivity index (χ0n) is 14.9. The van der Waals surface area contributed by atoms with Gasteiger partial charge in [-0.2, -0.15) is 0 Å². The minimum absolute atomic E-state index is 0.135. The van der Waals surface area contributed by atoms with Crippen molar-refractivity contribution >= 4 is 27.8 Å². The zero-order chi connectivity index (χ0) is 18.8. The predicted octanol–water partition coefficient (Wildman–Crippen LogP) is 1.99. The fourth-order valence-electron chi connectivity index (χ4n) is 3.11. The van der Waals surface area contributed by atoms with Crippen molar-refractivity contribution < 1.29 is 4.79 Å². The van der Waals surface area contributed by atoms with Gasteiger partial charge in [0, 0.05) is 20.0 Å². The fourth-order valence-corrected chi connectivity index (χ4v) is 3.11. The maximum absolute atomic E-state index is 12.4.